The molecule has 32 heavy (non-hydrogen) atoms. The molecule has 1 aliphatic rings. The van der Waals surface area contributed by atoms with Gasteiger partial charge in [0.15, 0.2) is 0 Å². The van der Waals surface area contributed by atoms with Crippen LogP contribution in [-0.4, -0.2) is 55.5 Å². The largest absolute Gasteiger partial charge is 0.573 e. The van der Waals surface area contributed by atoms with Crippen molar-refractivity contribution in [1.82, 2.24) is 4.31 Å². The molecule has 3 rings (SSSR count). The summed E-state index contributed by atoms with van der Waals surface area (Å²) in [6, 6.07) is 8.44. The minimum atomic E-state index is -4.80. The van der Waals surface area contributed by atoms with Gasteiger partial charge >= 0.3 is 6.36 Å². The zero-order chi connectivity index (χ0) is 24.1. The number of benzene rings is 2. The highest BCUT2D eigenvalue weighted by Crippen LogP contribution is 2.32. The van der Waals surface area contributed by atoms with Crippen molar-refractivity contribution in [2.45, 2.75) is 23.3 Å². The maximum atomic E-state index is 12.5. The van der Waals surface area contributed by atoms with E-state index in [0.717, 1.165) is 18.2 Å². The van der Waals surface area contributed by atoms with Crippen LogP contribution in [0.2, 0.25) is 0 Å². The average Bonchev–Trinajstić information content (AvgIpc) is 3.10. The fourth-order valence-corrected chi connectivity index (χ4v) is 4.72. The Morgan fingerprint density at radius 1 is 1.28 bits per heavy atom. The number of nitrogens with zero attached hydrogens (tertiary/aromatic N) is 2. The number of aliphatic hydroxyl groups excluding tert-OH is 1. The molecule has 0 saturated carbocycles. The highest BCUT2D eigenvalue weighted by Gasteiger charge is 2.38. The molecule has 2 aromatic carbocycles. The molecule has 0 spiro atoms. The molecule has 1 aliphatic heterocycles. The van der Waals surface area contributed by atoms with Gasteiger partial charge in [0.1, 0.15) is 40.0 Å². The van der Waals surface area contributed by atoms with Crippen LogP contribution in [-0.2, 0) is 11.0 Å². The molecule has 0 bridgehead atoms. The lowest BCUT2D eigenvalue weighted by atomic mass is 10.1. The third-order valence-corrected chi connectivity index (χ3v) is 6.66. The van der Waals surface area contributed by atoms with Crippen molar-refractivity contribution in [2.75, 3.05) is 19.7 Å². The lowest BCUT2D eigenvalue weighted by molar-refractivity contribution is -0.274. The van der Waals surface area contributed by atoms with Gasteiger partial charge in [0.2, 0.25) is 0 Å². The van der Waals surface area contributed by atoms with Crippen LogP contribution < -0.4 is 4.74 Å². The van der Waals surface area contributed by atoms with Crippen LogP contribution in [0, 0.1) is 17.1 Å². The normalized spacial score (nSPS) is 19.6. The standard InChI is InChI=1S/C12H13BrF3NO4S.C7H4FNO/c13-9-5-8(21-12(14,15)16)1-2-10(9)22(20)17-4-3-11(19,6-17)7-18;8-7-3-6(10)2-1-5(7)4-9/h1-2,5,18-19H,3-4,6-7H2;1-3,10H. The van der Waals surface area contributed by atoms with Crippen LogP contribution in [0.3, 0.4) is 0 Å². The number of nitriles is 1. The molecule has 1 saturated heterocycles. The van der Waals surface area contributed by atoms with Gasteiger partial charge in [0.05, 0.1) is 17.1 Å². The molecule has 2 atom stereocenters. The van der Waals surface area contributed by atoms with Crippen molar-refractivity contribution in [2.24, 2.45) is 0 Å². The molecule has 1 heterocycles. The Morgan fingerprint density at radius 2 is 1.97 bits per heavy atom. The van der Waals surface area contributed by atoms with Gasteiger partial charge in [0, 0.05) is 23.6 Å². The van der Waals surface area contributed by atoms with E-state index in [9.17, 15) is 26.9 Å². The molecule has 0 aliphatic carbocycles. The molecule has 2 aromatic rings. The Hall–Kier alpha value is -2.24. The quantitative estimate of drug-likeness (QED) is 0.513. The smallest absolute Gasteiger partial charge is 0.508 e. The fourth-order valence-electron chi connectivity index (χ4n) is 2.64. The van der Waals surface area contributed by atoms with E-state index >= 15 is 0 Å². The van der Waals surface area contributed by atoms with E-state index in [4.69, 9.17) is 15.5 Å². The van der Waals surface area contributed by atoms with E-state index in [2.05, 4.69) is 20.7 Å². The zero-order valence-electron chi connectivity index (χ0n) is 16.1. The highest BCUT2D eigenvalue weighted by molar-refractivity contribution is 9.10. The van der Waals surface area contributed by atoms with Crippen LogP contribution in [0.25, 0.3) is 0 Å². The molecule has 0 aromatic heterocycles. The molecule has 2 unspecified atom stereocenters. The summed E-state index contributed by atoms with van der Waals surface area (Å²) in [5.41, 5.74) is -1.36. The van der Waals surface area contributed by atoms with E-state index in [1.165, 1.54) is 22.5 Å². The number of hydrogen-bond donors (Lipinski definition) is 3. The third-order valence-electron chi connectivity index (χ3n) is 4.22. The first-order valence-electron chi connectivity index (χ1n) is 8.81. The molecule has 1 fully saturated rings. The lowest BCUT2D eigenvalue weighted by Gasteiger charge is -2.20. The van der Waals surface area contributed by atoms with Gasteiger partial charge in [-0.3, -0.25) is 0 Å². The minimum Gasteiger partial charge on any atom is -0.508 e. The molecule has 0 amide bonds. The second-order valence-corrected chi connectivity index (χ2v) is 8.97. The summed E-state index contributed by atoms with van der Waals surface area (Å²) in [5, 5.41) is 35.9. The second kappa shape index (κ2) is 10.6. The first kappa shape index (κ1) is 26.0. The predicted octanol–water partition coefficient (Wildman–Crippen LogP) is 3.20. The topological polar surface area (TPSA) is 114 Å². The zero-order valence-corrected chi connectivity index (χ0v) is 18.5. The summed E-state index contributed by atoms with van der Waals surface area (Å²) < 4.78 is 66.7. The number of aliphatic hydroxyl groups is 2. The van der Waals surface area contributed by atoms with Crippen molar-refractivity contribution in [1.29, 1.82) is 5.26 Å². The number of aromatic hydroxyl groups is 1. The Bertz CT molecular complexity index is 1030. The first-order chi connectivity index (χ1) is 14.9. The van der Waals surface area contributed by atoms with Gasteiger partial charge in [-0.25, -0.2) is 12.9 Å². The summed E-state index contributed by atoms with van der Waals surface area (Å²) in [6.07, 6.45) is -4.53. The van der Waals surface area contributed by atoms with Gasteiger partial charge in [0.25, 0.3) is 0 Å². The maximum absolute atomic E-state index is 12.5. The summed E-state index contributed by atoms with van der Waals surface area (Å²) in [4.78, 5) is 0.261. The Balaban J connectivity index is 0.000000303. The van der Waals surface area contributed by atoms with Crippen molar-refractivity contribution < 1.29 is 41.8 Å². The molecule has 3 N–H and O–H groups in total. The van der Waals surface area contributed by atoms with Gasteiger partial charge in [-0.05, 0) is 52.7 Å². The number of β-amino-alcohol motifs (C(OH)–C–C–N with tert-alkyl or cyclic N) is 1. The number of phenols is 1. The van der Waals surface area contributed by atoms with E-state index in [-0.39, 0.29) is 33.6 Å². The van der Waals surface area contributed by atoms with E-state index < -0.39 is 41.1 Å². The Labute approximate surface area is 191 Å². The van der Waals surface area contributed by atoms with Crippen LogP contribution in [0.5, 0.6) is 11.5 Å². The van der Waals surface area contributed by atoms with Crippen molar-refractivity contribution in [3.8, 4) is 17.6 Å². The van der Waals surface area contributed by atoms with Crippen LogP contribution in [0.4, 0.5) is 17.6 Å². The number of halogens is 5. The number of phenolic OH excluding ortho intramolecular Hbond substituents is 1. The van der Waals surface area contributed by atoms with Crippen LogP contribution >= 0.6 is 15.9 Å². The third kappa shape index (κ3) is 7.14. The van der Waals surface area contributed by atoms with Crippen molar-refractivity contribution in [3.05, 3.63) is 52.3 Å². The number of hydrogen-bond acceptors (Lipinski definition) is 6. The average molecular weight is 541 g/mol. The fraction of sp³-hybridized carbons (Fsp3) is 0.316. The highest BCUT2D eigenvalue weighted by atomic mass is 79.9. The molecule has 174 valence electrons. The Morgan fingerprint density at radius 3 is 2.47 bits per heavy atom. The van der Waals surface area contributed by atoms with E-state index in [0.29, 0.717) is 6.54 Å². The molecular formula is C19H17BrF4N2O5S. The first-order valence-corrected chi connectivity index (χ1v) is 10.7. The summed E-state index contributed by atoms with van der Waals surface area (Å²) >= 11 is 3.07. The van der Waals surface area contributed by atoms with Gasteiger partial charge in [-0.2, -0.15) is 5.26 Å². The molecule has 0 radical (unpaired) electrons. The second-order valence-electron chi connectivity index (χ2n) is 6.66. The summed E-state index contributed by atoms with van der Waals surface area (Å²) in [5.74, 6) is -1.28. The summed E-state index contributed by atoms with van der Waals surface area (Å²) in [6.45, 7) is -0.125. The van der Waals surface area contributed by atoms with Crippen LogP contribution in [0.1, 0.15) is 12.0 Å². The molecule has 7 nitrogen and oxygen atoms in total. The molecule has 13 heteroatoms. The summed E-state index contributed by atoms with van der Waals surface area (Å²) in [7, 11) is -1.67. The van der Waals surface area contributed by atoms with Gasteiger partial charge in [-0.15, -0.1) is 13.2 Å². The number of rotatable bonds is 4. The number of alkyl halides is 3. The van der Waals surface area contributed by atoms with Crippen LogP contribution in [0.15, 0.2) is 45.8 Å². The van der Waals surface area contributed by atoms with Gasteiger partial charge in [-0.1, -0.05) is 0 Å². The SMILES string of the molecule is N#Cc1ccc(O)cc1F.O=S(c1ccc(OC(F)(F)F)cc1Br)N1CCC(O)(CO)C1. The monoisotopic (exact) mass is 540 g/mol. The molecular weight excluding hydrogens is 524 g/mol. The van der Waals surface area contributed by atoms with Gasteiger partial charge < -0.3 is 20.1 Å². The van der Waals surface area contributed by atoms with E-state index in [1.54, 1.807) is 6.07 Å². The number of ether oxygens (including phenoxy) is 1. The predicted molar refractivity (Wildman–Crippen MR) is 108 cm³/mol. The van der Waals surface area contributed by atoms with E-state index in [1.807, 2.05) is 0 Å². The van der Waals surface area contributed by atoms with Crippen molar-refractivity contribution in [3.63, 3.8) is 0 Å². The van der Waals surface area contributed by atoms with Crippen molar-refractivity contribution >= 4 is 26.9 Å². The maximum Gasteiger partial charge on any atom is 0.573 e. The Kier molecular flexibility index (Phi) is 8.60. The lowest BCUT2D eigenvalue weighted by Crippen LogP contribution is -2.37. The minimum absolute atomic E-state index is 0.0172.